The first kappa shape index (κ1) is 16.0. The number of amides is 2. The molecule has 2 amide bonds. The largest absolute Gasteiger partial charge is 0.381 e. The molecule has 19 heavy (non-hydrogen) atoms. The fourth-order valence-electron chi connectivity index (χ4n) is 2.22. The molecule has 5 nitrogen and oxygen atoms in total. The van der Waals surface area contributed by atoms with E-state index in [4.69, 9.17) is 4.74 Å². The highest BCUT2D eigenvalue weighted by molar-refractivity contribution is 5.80. The Morgan fingerprint density at radius 3 is 2.68 bits per heavy atom. The van der Waals surface area contributed by atoms with Gasteiger partial charge in [-0.2, -0.15) is 0 Å². The van der Waals surface area contributed by atoms with Crippen LogP contribution in [-0.2, 0) is 14.3 Å². The number of hydrogen-bond acceptors (Lipinski definition) is 3. The molecule has 5 heteroatoms. The lowest BCUT2D eigenvalue weighted by Gasteiger charge is -2.32. The van der Waals surface area contributed by atoms with Crippen LogP contribution in [0.3, 0.4) is 0 Å². The van der Waals surface area contributed by atoms with E-state index < -0.39 is 0 Å². The van der Waals surface area contributed by atoms with Gasteiger partial charge in [0.15, 0.2) is 0 Å². The van der Waals surface area contributed by atoms with Gasteiger partial charge in [-0.15, -0.1) is 0 Å². The summed E-state index contributed by atoms with van der Waals surface area (Å²) in [5.41, 5.74) is -0.134. The first-order valence-electron chi connectivity index (χ1n) is 6.99. The van der Waals surface area contributed by atoms with Gasteiger partial charge in [-0.25, -0.2) is 0 Å². The molecule has 0 spiro atoms. The molecule has 0 radical (unpaired) electrons. The molecule has 0 bridgehead atoms. The third-order valence-electron chi connectivity index (χ3n) is 3.28. The first-order valence-corrected chi connectivity index (χ1v) is 6.99. The highest BCUT2D eigenvalue weighted by Gasteiger charge is 2.35. The van der Waals surface area contributed by atoms with Gasteiger partial charge in [0, 0.05) is 44.0 Å². The van der Waals surface area contributed by atoms with Gasteiger partial charge in [0.25, 0.3) is 0 Å². The van der Waals surface area contributed by atoms with Crippen LogP contribution in [0.25, 0.3) is 0 Å². The van der Waals surface area contributed by atoms with E-state index in [-0.39, 0.29) is 23.3 Å². The zero-order valence-electron chi connectivity index (χ0n) is 12.5. The summed E-state index contributed by atoms with van der Waals surface area (Å²) in [5, 5.41) is 2.88. The number of hydrogen-bond donors (Lipinski definition) is 1. The molecule has 1 unspecified atom stereocenters. The molecule has 1 rings (SSSR count). The molecule has 1 heterocycles. The molecule has 110 valence electrons. The normalized spacial score (nSPS) is 19.9. The molecule has 0 aliphatic carbocycles. The molecule has 0 aromatic heterocycles. The summed E-state index contributed by atoms with van der Waals surface area (Å²) in [7, 11) is 0. The van der Waals surface area contributed by atoms with Crippen molar-refractivity contribution in [1.82, 2.24) is 10.2 Å². The van der Waals surface area contributed by atoms with Crippen LogP contribution in [0, 0.1) is 5.92 Å². The highest BCUT2D eigenvalue weighted by atomic mass is 16.5. The van der Waals surface area contributed by atoms with Crippen molar-refractivity contribution in [2.75, 3.05) is 26.3 Å². The molecule has 0 aromatic rings. The summed E-state index contributed by atoms with van der Waals surface area (Å²) in [6, 6.07) is 0. The van der Waals surface area contributed by atoms with Crippen molar-refractivity contribution in [2.24, 2.45) is 5.92 Å². The highest BCUT2D eigenvalue weighted by Crippen LogP contribution is 2.25. The number of carbonyl (C=O) groups is 2. The Bertz CT molecular complexity index is 323. The van der Waals surface area contributed by atoms with E-state index in [1.165, 1.54) is 0 Å². The van der Waals surface area contributed by atoms with Gasteiger partial charge in [-0.1, -0.05) is 0 Å². The van der Waals surface area contributed by atoms with Crippen molar-refractivity contribution < 1.29 is 14.3 Å². The standard InChI is InChI=1S/C14H26N2O3/c1-5-19-7-6-12(17)15-9-11-8-13(18)16(10-11)14(2,3)4/h11H,5-10H2,1-4H3,(H,15,17). The molecule has 0 saturated carbocycles. The van der Waals surface area contributed by atoms with Crippen LogP contribution < -0.4 is 5.32 Å². The van der Waals surface area contributed by atoms with Crippen molar-refractivity contribution in [3.63, 3.8) is 0 Å². The Hall–Kier alpha value is -1.10. The lowest BCUT2D eigenvalue weighted by Crippen LogP contribution is -2.42. The van der Waals surface area contributed by atoms with Crippen LogP contribution in [0.5, 0.6) is 0 Å². The Morgan fingerprint density at radius 2 is 2.16 bits per heavy atom. The van der Waals surface area contributed by atoms with E-state index in [9.17, 15) is 9.59 Å². The Kier molecular flexibility index (Phi) is 5.79. The van der Waals surface area contributed by atoms with Crippen LogP contribution >= 0.6 is 0 Å². The van der Waals surface area contributed by atoms with Crippen molar-refractivity contribution in [1.29, 1.82) is 0 Å². The van der Waals surface area contributed by atoms with Gasteiger partial charge in [0.2, 0.25) is 11.8 Å². The van der Waals surface area contributed by atoms with Gasteiger partial charge >= 0.3 is 0 Å². The summed E-state index contributed by atoms with van der Waals surface area (Å²) in [5.74, 6) is 0.402. The quantitative estimate of drug-likeness (QED) is 0.737. The van der Waals surface area contributed by atoms with Crippen LogP contribution in [-0.4, -0.2) is 48.6 Å². The monoisotopic (exact) mass is 270 g/mol. The summed E-state index contributed by atoms with van der Waals surface area (Å²) in [4.78, 5) is 25.3. The van der Waals surface area contributed by atoms with Gasteiger partial charge < -0.3 is 15.0 Å². The number of likely N-dealkylation sites (tertiary alicyclic amines) is 1. The summed E-state index contributed by atoms with van der Waals surface area (Å²) >= 11 is 0. The van der Waals surface area contributed by atoms with Crippen molar-refractivity contribution in [2.45, 2.75) is 46.1 Å². The molecular formula is C14H26N2O3. The smallest absolute Gasteiger partial charge is 0.223 e. The lowest BCUT2D eigenvalue weighted by atomic mass is 10.1. The number of nitrogens with one attached hydrogen (secondary N) is 1. The molecule has 1 N–H and O–H groups in total. The number of rotatable bonds is 6. The van der Waals surface area contributed by atoms with Crippen molar-refractivity contribution in [3.8, 4) is 0 Å². The summed E-state index contributed by atoms with van der Waals surface area (Å²) in [6.07, 6.45) is 0.917. The maximum absolute atomic E-state index is 11.9. The van der Waals surface area contributed by atoms with Crippen LogP contribution in [0.15, 0.2) is 0 Å². The average Bonchev–Trinajstić information content (AvgIpc) is 2.68. The van der Waals surface area contributed by atoms with E-state index in [0.29, 0.717) is 32.6 Å². The maximum Gasteiger partial charge on any atom is 0.223 e. The summed E-state index contributed by atoms with van der Waals surface area (Å²) in [6.45, 7) is 10.4. The minimum Gasteiger partial charge on any atom is -0.381 e. The van der Waals surface area contributed by atoms with E-state index >= 15 is 0 Å². The minimum absolute atomic E-state index is 0.00453. The van der Waals surface area contributed by atoms with Gasteiger partial charge in [-0.05, 0) is 27.7 Å². The Balaban J connectivity index is 2.28. The Labute approximate surface area is 115 Å². The Morgan fingerprint density at radius 1 is 1.47 bits per heavy atom. The van der Waals surface area contributed by atoms with E-state index in [0.717, 1.165) is 6.54 Å². The fraction of sp³-hybridized carbons (Fsp3) is 0.857. The molecule has 1 fully saturated rings. The molecular weight excluding hydrogens is 244 g/mol. The molecule has 1 aliphatic rings. The second kappa shape index (κ2) is 6.89. The number of carbonyl (C=O) groups excluding carboxylic acids is 2. The lowest BCUT2D eigenvalue weighted by molar-refractivity contribution is -0.131. The third kappa shape index (κ3) is 5.19. The molecule has 1 aliphatic heterocycles. The second-order valence-electron chi connectivity index (χ2n) is 6.00. The van der Waals surface area contributed by atoms with Crippen LogP contribution in [0.2, 0.25) is 0 Å². The van der Waals surface area contributed by atoms with E-state index in [1.807, 2.05) is 32.6 Å². The SMILES string of the molecule is CCOCCC(=O)NCC1CC(=O)N(C(C)(C)C)C1. The number of ether oxygens (including phenoxy) is 1. The van der Waals surface area contributed by atoms with E-state index in [1.54, 1.807) is 0 Å². The van der Waals surface area contributed by atoms with Gasteiger partial charge in [0.1, 0.15) is 0 Å². The molecule has 1 saturated heterocycles. The zero-order valence-corrected chi connectivity index (χ0v) is 12.5. The average molecular weight is 270 g/mol. The predicted octanol–water partition coefficient (Wildman–Crippen LogP) is 1.18. The maximum atomic E-state index is 11.9. The predicted molar refractivity (Wildman–Crippen MR) is 73.7 cm³/mol. The first-order chi connectivity index (χ1) is 8.84. The van der Waals surface area contributed by atoms with Gasteiger partial charge in [-0.3, -0.25) is 9.59 Å². The van der Waals surface area contributed by atoms with Crippen molar-refractivity contribution in [3.05, 3.63) is 0 Å². The second-order valence-corrected chi connectivity index (χ2v) is 6.00. The minimum atomic E-state index is -0.134. The van der Waals surface area contributed by atoms with Crippen LogP contribution in [0.4, 0.5) is 0 Å². The third-order valence-corrected chi connectivity index (χ3v) is 3.28. The van der Waals surface area contributed by atoms with E-state index in [2.05, 4.69) is 5.32 Å². The zero-order chi connectivity index (χ0) is 14.5. The summed E-state index contributed by atoms with van der Waals surface area (Å²) < 4.78 is 5.13. The number of nitrogens with zero attached hydrogens (tertiary/aromatic N) is 1. The van der Waals surface area contributed by atoms with Crippen molar-refractivity contribution >= 4 is 11.8 Å². The van der Waals surface area contributed by atoms with Gasteiger partial charge in [0.05, 0.1) is 6.61 Å². The fourth-order valence-corrected chi connectivity index (χ4v) is 2.22. The molecule has 1 atom stereocenters. The van der Waals surface area contributed by atoms with Crippen LogP contribution in [0.1, 0.15) is 40.5 Å². The molecule has 0 aromatic carbocycles. The topological polar surface area (TPSA) is 58.6 Å².